The maximum absolute atomic E-state index is 13.3. The second-order valence-corrected chi connectivity index (χ2v) is 10.5. The molecular formula is C25H31N3O5S. The lowest BCUT2D eigenvalue weighted by Crippen LogP contribution is -2.50. The van der Waals surface area contributed by atoms with Gasteiger partial charge in [0, 0.05) is 25.6 Å². The van der Waals surface area contributed by atoms with Gasteiger partial charge in [0.15, 0.2) is 0 Å². The molecule has 0 radical (unpaired) electrons. The van der Waals surface area contributed by atoms with E-state index in [4.69, 9.17) is 0 Å². The lowest BCUT2D eigenvalue weighted by atomic mass is 10.1. The minimum Gasteiger partial charge on any atom is -0.352 e. The average molecular weight is 486 g/mol. The van der Waals surface area contributed by atoms with E-state index in [0.29, 0.717) is 0 Å². The molecule has 1 N–H and O–H groups in total. The molecule has 2 atom stereocenters. The van der Waals surface area contributed by atoms with Crippen LogP contribution in [0.4, 0.5) is 0 Å². The van der Waals surface area contributed by atoms with Crippen LogP contribution in [0.25, 0.3) is 0 Å². The zero-order valence-corrected chi connectivity index (χ0v) is 20.8. The fourth-order valence-corrected chi connectivity index (χ4v) is 5.42. The van der Waals surface area contributed by atoms with Crippen LogP contribution < -0.4 is 5.32 Å². The van der Waals surface area contributed by atoms with Gasteiger partial charge in [-0.1, -0.05) is 48.9 Å². The molecule has 0 unspecified atom stereocenters. The van der Waals surface area contributed by atoms with E-state index in [0.717, 1.165) is 21.9 Å². The molecule has 1 heterocycles. The molecule has 9 heteroatoms. The molecule has 3 amide bonds. The second-order valence-electron chi connectivity index (χ2n) is 8.63. The lowest BCUT2D eigenvalue weighted by Gasteiger charge is -2.30. The number of amides is 3. The van der Waals surface area contributed by atoms with Crippen LogP contribution in [-0.2, 0) is 26.2 Å². The summed E-state index contributed by atoms with van der Waals surface area (Å²) >= 11 is 0. The summed E-state index contributed by atoms with van der Waals surface area (Å²) in [4.78, 5) is 40.2. The first-order valence-electron chi connectivity index (χ1n) is 11.4. The number of hydrogen-bond acceptors (Lipinski definition) is 5. The van der Waals surface area contributed by atoms with E-state index in [2.05, 4.69) is 5.32 Å². The molecule has 182 valence electrons. The first-order chi connectivity index (χ1) is 16.1. The summed E-state index contributed by atoms with van der Waals surface area (Å²) in [5.41, 5.74) is 1.98. The normalized spacial score (nSPS) is 16.0. The highest BCUT2D eigenvalue weighted by Crippen LogP contribution is 2.30. The molecule has 3 rings (SSSR count). The van der Waals surface area contributed by atoms with Crippen molar-refractivity contribution in [2.75, 3.05) is 6.54 Å². The Hall–Kier alpha value is -3.20. The Morgan fingerprint density at radius 1 is 1.09 bits per heavy atom. The fraction of sp³-hybridized carbons (Fsp3) is 0.400. The predicted octanol–water partition coefficient (Wildman–Crippen LogP) is 2.86. The number of carbonyl (C=O) groups is 3. The minimum atomic E-state index is -4.00. The highest BCUT2D eigenvalue weighted by Gasteiger charge is 2.41. The van der Waals surface area contributed by atoms with Crippen LogP contribution in [0.1, 0.15) is 55.1 Å². The van der Waals surface area contributed by atoms with Crippen molar-refractivity contribution < 1.29 is 22.8 Å². The highest BCUT2D eigenvalue weighted by atomic mass is 32.2. The Morgan fingerprint density at radius 2 is 1.79 bits per heavy atom. The minimum absolute atomic E-state index is 0.0447. The number of benzene rings is 2. The molecule has 34 heavy (non-hydrogen) atoms. The first-order valence-corrected chi connectivity index (χ1v) is 12.8. The largest absolute Gasteiger partial charge is 0.352 e. The summed E-state index contributed by atoms with van der Waals surface area (Å²) in [5, 5.41) is 2.90. The van der Waals surface area contributed by atoms with Crippen LogP contribution >= 0.6 is 0 Å². The molecule has 0 aliphatic carbocycles. The first kappa shape index (κ1) is 25.4. The van der Waals surface area contributed by atoms with Crippen molar-refractivity contribution in [3.63, 3.8) is 0 Å². The topological polar surface area (TPSA) is 104 Å². The van der Waals surface area contributed by atoms with E-state index in [1.54, 1.807) is 19.1 Å². The molecule has 8 nitrogen and oxygen atoms in total. The highest BCUT2D eigenvalue weighted by molar-refractivity contribution is 7.90. The van der Waals surface area contributed by atoms with E-state index < -0.39 is 27.9 Å². The Balaban J connectivity index is 1.79. The third kappa shape index (κ3) is 5.30. The Kier molecular flexibility index (Phi) is 7.76. The molecule has 2 aromatic rings. The van der Waals surface area contributed by atoms with Crippen LogP contribution in [0.5, 0.6) is 0 Å². The molecular weight excluding hydrogens is 454 g/mol. The number of rotatable bonds is 9. The van der Waals surface area contributed by atoms with Gasteiger partial charge in [-0.3, -0.25) is 14.4 Å². The third-order valence-electron chi connectivity index (χ3n) is 6.04. The lowest BCUT2D eigenvalue weighted by molar-refractivity contribution is -0.140. The van der Waals surface area contributed by atoms with E-state index in [1.165, 1.54) is 17.0 Å². The van der Waals surface area contributed by atoms with Gasteiger partial charge in [-0.05, 0) is 44.9 Å². The smallest absolute Gasteiger partial charge is 0.269 e. The summed E-state index contributed by atoms with van der Waals surface area (Å²) in [5.74, 6) is -1.34. The summed E-state index contributed by atoms with van der Waals surface area (Å²) in [6.45, 7) is 7.33. The number of nitrogens with zero attached hydrogens (tertiary/aromatic N) is 2. The average Bonchev–Trinajstić information content (AvgIpc) is 3.00. The van der Waals surface area contributed by atoms with Crippen molar-refractivity contribution in [3.8, 4) is 0 Å². The number of nitrogens with one attached hydrogen (secondary N) is 1. The van der Waals surface area contributed by atoms with Crippen molar-refractivity contribution in [1.82, 2.24) is 14.5 Å². The van der Waals surface area contributed by atoms with Gasteiger partial charge < -0.3 is 10.2 Å². The van der Waals surface area contributed by atoms with Gasteiger partial charge in [-0.25, -0.2) is 12.7 Å². The van der Waals surface area contributed by atoms with Crippen molar-refractivity contribution >= 4 is 27.7 Å². The van der Waals surface area contributed by atoms with E-state index in [1.807, 2.05) is 45.0 Å². The van der Waals surface area contributed by atoms with Gasteiger partial charge >= 0.3 is 0 Å². The molecule has 0 aromatic heterocycles. The predicted molar refractivity (Wildman–Crippen MR) is 128 cm³/mol. The van der Waals surface area contributed by atoms with Crippen LogP contribution in [0, 0.1) is 6.92 Å². The molecule has 0 saturated heterocycles. The summed E-state index contributed by atoms with van der Waals surface area (Å²) in [7, 11) is -4.00. The van der Waals surface area contributed by atoms with Gasteiger partial charge in [0.2, 0.25) is 11.8 Å². The number of hydrogen-bond donors (Lipinski definition) is 1. The monoisotopic (exact) mass is 485 g/mol. The molecule has 1 aliphatic rings. The maximum Gasteiger partial charge on any atom is 0.269 e. The van der Waals surface area contributed by atoms with Crippen molar-refractivity contribution in [2.45, 2.75) is 64.1 Å². The van der Waals surface area contributed by atoms with Crippen molar-refractivity contribution in [1.29, 1.82) is 0 Å². The number of aryl methyl sites for hydroxylation is 1. The fourth-order valence-electron chi connectivity index (χ4n) is 3.85. The third-order valence-corrected chi connectivity index (χ3v) is 7.89. The molecule has 0 spiro atoms. The van der Waals surface area contributed by atoms with Crippen LogP contribution in [0.15, 0.2) is 53.4 Å². The van der Waals surface area contributed by atoms with Crippen LogP contribution in [0.2, 0.25) is 0 Å². The SMILES string of the molecule is CC[C@H](C)NC(=O)[C@H](C)N(Cc1cccc(C)c1)C(=O)CCN1C(=O)c2ccccc2S1(=O)=O. The van der Waals surface area contributed by atoms with Gasteiger partial charge in [0.25, 0.3) is 15.9 Å². The molecule has 1 aliphatic heterocycles. The van der Waals surface area contributed by atoms with Gasteiger partial charge in [-0.15, -0.1) is 0 Å². The summed E-state index contributed by atoms with van der Waals surface area (Å²) in [6.07, 6.45) is 0.519. The van der Waals surface area contributed by atoms with Crippen LogP contribution in [-0.4, -0.2) is 54.0 Å². The maximum atomic E-state index is 13.3. The molecule has 2 aromatic carbocycles. The number of sulfonamides is 1. The van der Waals surface area contributed by atoms with Gasteiger partial charge in [0.1, 0.15) is 10.9 Å². The summed E-state index contributed by atoms with van der Waals surface area (Å²) < 4.78 is 26.4. The Labute approximate surface area is 201 Å². The van der Waals surface area contributed by atoms with Crippen LogP contribution in [0.3, 0.4) is 0 Å². The van der Waals surface area contributed by atoms with Crippen molar-refractivity contribution in [3.05, 3.63) is 65.2 Å². The number of fused-ring (bicyclic) bond motifs is 1. The Morgan fingerprint density at radius 3 is 2.44 bits per heavy atom. The van der Waals surface area contributed by atoms with Gasteiger partial charge in [0.05, 0.1) is 5.56 Å². The zero-order valence-electron chi connectivity index (χ0n) is 19.9. The molecule has 0 bridgehead atoms. The standard InChI is InChI=1S/C25H31N3O5S/c1-5-18(3)26-24(30)19(4)27(16-20-10-8-9-17(2)15-20)23(29)13-14-28-25(31)21-11-6-7-12-22(21)34(28,32)33/h6-12,15,18-19H,5,13-14,16H2,1-4H3,(H,26,30)/t18-,19-/m0/s1. The Bertz CT molecular complexity index is 1190. The van der Waals surface area contributed by atoms with E-state index >= 15 is 0 Å². The molecule has 0 saturated carbocycles. The quantitative estimate of drug-likeness (QED) is 0.588. The van der Waals surface area contributed by atoms with Crippen molar-refractivity contribution in [2.24, 2.45) is 0 Å². The van der Waals surface area contributed by atoms with E-state index in [9.17, 15) is 22.8 Å². The van der Waals surface area contributed by atoms with E-state index in [-0.39, 0.29) is 41.9 Å². The zero-order chi connectivity index (χ0) is 25.0. The second kappa shape index (κ2) is 10.4. The summed E-state index contributed by atoms with van der Waals surface area (Å²) in [6, 6.07) is 12.8. The molecule has 0 fully saturated rings. The number of carbonyl (C=O) groups excluding carboxylic acids is 3. The van der Waals surface area contributed by atoms with Gasteiger partial charge in [-0.2, -0.15) is 0 Å².